The third-order valence-electron chi connectivity index (χ3n) is 3.63. The van der Waals surface area contributed by atoms with Gasteiger partial charge in [-0.1, -0.05) is 6.08 Å². The van der Waals surface area contributed by atoms with Gasteiger partial charge >= 0.3 is 6.09 Å². The Kier molecular flexibility index (Phi) is 7.74. The van der Waals surface area contributed by atoms with Crippen LogP contribution in [0.25, 0.3) is 0 Å². The van der Waals surface area contributed by atoms with Crippen molar-refractivity contribution in [2.75, 3.05) is 26.2 Å². The lowest BCUT2D eigenvalue weighted by atomic mass is 9.96. The first-order valence-electron chi connectivity index (χ1n) is 8.36. The van der Waals surface area contributed by atoms with Gasteiger partial charge in [-0.05, 0) is 52.5 Å². The van der Waals surface area contributed by atoms with E-state index in [2.05, 4.69) is 10.6 Å². The van der Waals surface area contributed by atoms with Gasteiger partial charge in [-0.3, -0.25) is 9.59 Å². The van der Waals surface area contributed by atoms with Gasteiger partial charge in [-0.25, -0.2) is 4.79 Å². The summed E-state index contributed by atoms with van der Waals surface area (Å²) in [5.41, 5.74) is -0.580. The van der Waals surface area contributed by atoms with Crippen LogP contribution in [0.1, 0.15) is 40.5 Å². The highest BCUT2D eigenvalue weighted by Gasteiger charge is 2.24. The molecule has 0 saturated carbocycles. The van der Waals surface area contributed by atoms with Crippen LogP contribution in [0, 0.1) is 5.92 Å². The molecule has 0 spiro atoms. The van der Waals surface area contributed by atoms with E-state index in [1.54, 1.807) is 38.7 Å². The Bertz CT molecular complexity index is 475. The van der Waals surface area contributed by atoms with E-state index in [1.165, 1.54) is 6.08 Å². The van der Waals surface area contributed by atoms with E-state index in [-0.39, 0.29) is 18.4 Å². The minimum Gasteiger partial charge on any atom is -0.444 e. The molecule has 0 bridgehead atoms. The summed E-state index contributed by atoms with van der Waals surface area (Å²) in [6.07, 6.45) is 4.30. The van der Waals surface area contributed by atoms with Crippen molar-refractivity contribution in [2.24, 2.45) is 5.92 Å². The van der Waals surface area contributed by atoms with E-state index in [1.807, 2.05) is 0 Å². The van der Waals surface area contributed by atoms with Crippen LogP contribution in [0.15, 0.2) is 12.2 Å². The molecule has 1 fully saturated rings. The maximum atomic E-state index is 12.1. The summed E-state index contributed by atoms with van der Waals surface area (Å²) in [5, 5.41) is 5.34. The second kappa shape index (κ2) is 9.30. The molecule has 7 heteroatoms. The van der Waals surface area contributed by atoms with Crippen LogP contribution in [0.5, 0.6) is 0 Å². The van der Waals surface area contributed by atoms with Crippen molar-refractivity contribution in [3.05, 3.63) is 12.2 Å². The summed E-state index contributed by atoms with van der Waals surface area (Å²) in [5.74, 6) is 0.178. The number of carbonyl (C=O) groups is 3. The Hall–Kier alpha value is -2.05. The molecule has 0 aromatic heterocycles. The molecule has 1 saturated heterocycles. The summed E-state index contributed by atoms with van der Waals surface area (Å²) >= 11 is 0. The second-order valence-electron chi connectivity index (χ2n) is 6.92. The largest absolute Gasteiger partial charge is 0.444 e. The molecule has 0 aromatic carbocycles. The zero-order chi connectivity index (χ0) is 18.2. The number of nitrogens with one attached hydrogen (secondary N) is 2. The molecule has 2 N–H and O–H groups in total. The molecule has 0 unspecified atom stereocenters. The molecule has 0 aliphatic carbocycles. The lowest BCUT2D eigenvalue weighted by molar-refractivity contribution is -0.131. The molecule has 0 radical (unpaired) electrons. The highest BCUT2D eigenvalue weighted by atomic mass is 16.6. The molecule has 1 aliphatic heterocycles. The third kappa shape index (κ3) is 7.99. The highest BCUT2D eigenvalue weighted by molar-refractivity contribution is 5.87. The second-order valence-corrected chi connectivity index (χ2v) is 6.92. The number of rotatable bonds is 5. The van der Waals surface area contributed by atoms with Crippen LogP contribution in [-0.2, 0) is 14.3 Å². The number of nitrogens with zero attached hydrogens (tertiary/aromatic N) is 1. The number of likely N-dealkylation sites (tertiary alicyclic amines) is 1. The Labute approximate surface area is 143 Å². The zero-order valence-corrected chi connectivity index (χ0v) is 15.1. The van der Waals surface area contributed by atoms with Crippen LogP contribution >= 0.6 is 0 Å². The van der Waals surface area contributed by atoms with E-state index in [9.17, 15) is 14.4 Å². The Morgan fingerprint density at radius 2 is 1.79 bits per heavy atom. The number of hydrogen-bond donors (Lipinski definition) is 2. The molecule has 136 valence electrons. The average molecular weight is 339 g/mol. The molecule has 0 aromatic rings. The monoisotopic (exact) mass is 339 g/mol. The van der Waals surface area contributed by atoms with Gasteiger partial charge in [0.1, 0.15) is 12.1 Å². The van der Waals surface area contributed by atoms with Crippen LogP contribution in [-0.4, -0.2) is 54.6 Å². The van der Waals surface area contributed by atoms with Crippen molar-refractivity contribution in [1.29, 1.82) is 0 Å². The van der Waals surface area contributed by atoms with Crippen LogP contribution in [0.2, 0.25) is 0 Å². The Morgan fingerprint density at radius 3 is 2.33 bits per heavy atom. The van der Waals surface area contributed by atoms with E-state index in [4.69, 9.17) is 4.74 Å². The number of carbonyl (C=O) groups excluding carboxylic acids is 3. The zero-order valence-electron chi connectivity index (χ0n) is 15.1. The Morgan fingerprint density at radius 1 is 1.17 bits per heavy atom. The molecule has 7 nitrogen and oxygen atoms in total. The van der Waals surface area contributed by atoms with E-state index < -0.39 is 11.7 Å². The quantitative estimate of drug-likeness (QED) is 0.742. The SMILES string of the molecule is C/C=C/C(=O)NCC1CCN(C(=O)CNC(=O)OC(C)(C)C)CC1. The van der Waals surface area contributed by atoms with Gasteiger partial charge in [0.05, 0.1) is 0 Å². The number of allylic oxidation sites excluding steroid dienone is 1. The first-order valence-corrected chi connectivity index (χ1v) is 8.36. The fraction of sp³-hybridized carbons (Fsp3) is 0.706. The number of hydrogen-bond acceptors (Lipinski definition) is 4. The first kappa shape index (κ1) is 20.0. The fourth-order valence-corrected chi connectivity index (χ4v) is 2.42. The van der Waals surface area contributed by atoms with E-state index >= 15 is 0 Å². The Balaban J connectivity index is 2.25. The van der Waals surface area contributed by atoms with Crippen molar-refractivity contribution in [2.45, 2.75) is 46.1 Å². The van der Waals surface area contributed by atoms with Gasteiger partial charge in [-0.15, -0.1) is 0 Å². The summed E-state index contributed by atoms with van der Waals surface area (Å²) < 4.78 is 5.10. The number of piperidine rings is 1. The predicted molar refractivity (Wildman–Crippen MR) is 91.4 cm³/mol. The summed E-state index contributed by atoms with van der Waals surface area (Å²) in [6, 6.07) is 0. The van der Waals surface area contributed by atoms with Gasteiger partial charge in [-0.2, -0.15) is 0 Å². The molecule has 1 aliphatic rings. The third-order valence-corrected chi connectivity index (χ3v) is 3.63. The maximum Gasteiger partial charge on any atom is 0.408 e. The van der Waals surface area contributed by atoms with Crippen molar-refractivity contribution in [3.8, 4) is 0 Å². The lowest BCUT2D eigenvalue weighted by Crippen LogP contribution is -2.46. The predicted octanol–water partition coefficient (Wildman–Crippen LogP) is 1.44. The minimum atomic E-state index is -0.586. The van der Waals surface area contributed by atoms with Gasteiger partial charge in [0.15, 0.2) is 0 Å². The van der Waals surface area contributed by atoms with Crippen LogP contribution < -0.4 is 10.6 Å². The van der Waals surface area contributed by atoms with Crippen molar-refractivity contribution in [3.63, 3.8) is 0 Å². The molecular weight excluding hydrogens is 310 g/mol. The van der Waals surface area contributed by atoms with Crippen molar-refractivity contribution < 1.29 is 19.1 Å². The number of amides is 3. The standard InChI is InChI=1S/C17H29N3O4/c1-5-6-14(21)18-11-13-7-9-20(10-8-13)15(22)12-19-16(23)24-17(2,3)4/h5-6,13H,7-12H2,1-4H3,(H,18,21)(H,19,23)/b6-5+. The van der Waals surface area contributed by atoms with E-state index in [0.717, 1.165) is 12.8 Å². The molecule has 0 atom stereocenters. The normalized spacial score (nSPS) is 16.1. The minimum absolute atomic E-state index is 0.0579. The van der Waals surface area contributed by atoms with Gasteiger partial charge in [0, 0.05) is 19.6 Å². The topological polar surface area (TPSA) is 87.7 Å². The first-order chi connectivity index (χ1) is 11.2. The average Bonchev–Trinajstić information content (AvgIpc) is 2.50. The smallest absolute Gasteiger partial charge is 0.408 e. The van der Waals surface area contributed by atoms with Crippen LogP contribution in [0.3, 0.4) is 0 Å². The molecule has 24 heavy (non-hydrogen) atoms. The van der Waals surface area contributed by atoms with Crippen molar-refractivity contribution >= 4 is 17.9 Å². The molecule has 1 heterocycles. The number of alkyl carbamates (subject to hydrolysis) is 1. The molecule has 1 rings (SSSR count). The maximum absolute atomic E-state index is 12.1. The summed E-state index contributed by atoms with van der Waals surface area (Å²) in [6.45, 7) is 8.96. The van der Waals surface area contributed by atoms with Gasteiger partial charge < -0.3 is 20.3 Å². The van der Waals surface area contributed by atoms with Crippen molar-refractivity contribution in [1.82, 2.24) is 15.5 Å². The molecule has 3 amide bonds. The summed E-state index contributed by atoms with van der Waals surface area (Å²) in [4.78, 5) is 36.8. The fourth-order valence-electron chi connectivity index (χ4n) is 2.42. The van der Waals surface area contributed by atoms with Gasteiger partial charge in [0.25, 0.3) is 0 Å². The number of ether oxygens (including phenoxy) is 1. The lowest BCUT2D eigenvalue weighted by Gasteiger charge is -2.32. The highest BCUT2D eigenvalue weighted by Crippen LogP contribution is 2.16. The summed E-state index contributed by atoms with van der Waals surface area (Å²) in [7, 11) is 0. The van der Waals surface area contributed by atoms with Gasteiger partial charge in [0.2, 0.25) is 11.8 Å². The molecular formula is C17H29N3O4. The van der Waals surface area contributed by atoms with E-state index in [0.29, 0.717) is 25.6 Å². The van der Waals surface area contributed by atoms with Crippen LogP contribution in [0.4, 0.5) is 4.79 Å².